The third-order valence-electron chi connectivity index (χ3n) is 3.45. The van der Waals surface area contributed by atoms with E-state index in [1.54, 1.807) is 50.6 Å². The Hall–Kier alpha value is -2.75. The summed E-state index contributed by atoms with van der Waals surface area (Å²) in [5.74, 6) is 2.02. The van der Waals surface area contributed by atoms with Crippen molar-refractivity contribution in [3.63, 3.8) is 0 Å². The van der Waals surface area contributed by atoms with Gasteiger partial charge in [0.2, 0.25) is 0 Å². The van der Waals surface area contributed by atoms with Crippen LogP contribution in [0.25, 0.3) is 6.08 Å². The highest BCUT2D eigenvalue weighted by molar-refractivity contribution is 6.06. The average molecular weight is 326 g/mol. The van der Waals surface area contributed by atoms with Crippen LogP contribution in [0.2, 0.25) is 0 Å². The number of ketones is 1. The summed E-state index contributed by atoms with van der Waals surface area (Å²) in [6.45, 7) is 2.69. The lowest BCUT2D eigenvalue weighted by molar-refractivity contribution is 0.104. The molecule has 0 saturated heterocycles. The fourth-order valence-electron chi connectivity index (χ4n) is 2.14. The van der Waals surface area contributed by atoms with Gasteiger partial charge in [-0.1, -0.05) is 19.1 Å². The van der Waals surface area contributed by atoms with Gasteiger partial charge in [0, 0.05) is 5.56 Å². The quantitative estimate of drug-likeness (QED) is 0.533. The van der Waals surface area contributed by atoms with Crippen LogP contribution in [0.5, 0.6) is 17.2 Å². The molecule has 24 heavy (non-hydrogen) atoms. The lowest BCUT2D eigenvalue weighted by Gasteiger charge is -2.10. The average Bonchev–Trinajstić information content (AvgIpc) is 2.64. The molecule has 0 aliphatic carbocycles. The van der Waals surface area contributed by atoms with E-state index in [0.717, 1.165) is 17.7 Å². The second-order valence-corrected chi connectivity index (χ2v) is 5.18. The standard InChI is InChI=1S/C20H22O4/c1-4-13-24-19-12-6-15(14-20(19)23-3)5-11-18(21)16-7-9-17(22-2)10-8-16/h5-12,14H,4,13H2,1-3H3/b11-5+. The monoisotopic (exact) mass is 326 g/mol. The summed E-state index contributed by atoms with van der Waals surface area (Å²) in [7, 11) is 3.20. The van der Waals surface area contributed by atoms with Crippen LogP contribution in [-0.4, -0.2) is 26.6 Å². The predicted octanol–water partition coefficient (Wildman–Crippen LogP) is 4.39. The zero-order chi connectivity index (χ0) is 17.4. The molecule has 2 aromatic rings. The maximum atomic E-state index is 12.2. The van der Waals surface area contributed by atoms with Crippen LogP contribution in [0.4, 0.5) is 0 Å². The summed E-state index contributed by atoms with van der Waals surface area (Å²) >= 11 is 0. The molecular formula is C20H22O4. The first kappa shape index (κ1) is 17.6. The largest absolute Gasteiger partial charge is 0.497 e. The normalized spacial score (nSPS) is 10.6. The Bertz CT molecular complexity index is 702. The summed E-state index contributed by atoms with van der Waals surface area (Å²) in [6.07, 6.45) is 4.24. The Morgan fingerprint density at radius 2 is 1.75 bits per heavy atom. The number of methoxy groups -OCH3 is 2. The van der Waals surface area contributed by atoms with Gasteiger partial charge in [0.05, 0.1) is 20.8 Å². The number of hydrogen-bond donors (Lipinski definition) is 0. The summed E-state index contributed by atoms with van der Waals surface area (Å²) in [5.41, 5.74) is 1.49. The molecule has 0 radical (unpaired) electrons. The van der Waals surface area contributed by atoms with Gasteiger partial charge in [0.1, 0.15) is 5.75 Å². The van der Waals surface area contributed by atoms with E-state index in [1.807, 2.05) is 25.1 Å². The SMILES string of the molecule is CCCOc1ccc(/C=C/C(=O)c2ccc(OC)cc2)cc1OC. The van der Waals surface area contributed by atoms with E-state index in [4.69, 9.17) is 14.2 Å². The second-order valence-electron chi connectivity index (χ2n) is 5.18. The van der Waals surface area contributed by atoms with Gasteiger partial charge < -0.3 is 14.2 Å². The molecule has 0 heterocycles. The van der Waals surface area contributed by atoms with Crippen LogP contribution in [0.15, 0.2) is 48.5 Å². The predicted molar refractivity (Wildman–Crippen MR) is 95.1 cm³/mol. The van der Waals surface area contributed by atoms with Crippen molar-refractivity contribution >= 4 is 11.9 Å². The van der Waals surface area contributed by atoms with Gasteiger partial charge >= 0.3 is 0 Å². The van der Waals surface area contributed by atoms with Gasteiger partial charge in [0.25, 0.3) is 0 Å². The third kappa shape index (κ3) is 4.62. The van der Waals surface area contributed by atoms with Crippen molar-refractivity contribution in [2.75, 3.05) is 20.8 Å². The number of rotatable bonds is 8. The van der Waals surface area contributed by atoms with Crippen molar-refractivity contribution in [2.24, 2.45) is 0 Å². The lowest BCUT2D eigenvalue weighted by Crippen LogP contribution is -1.98. The van der Waals surface area contributed by atoms with Crippen molar-refractivity contribution in [1.82, 2.24) is 0 Å². The molecule has 0 N–H and O–H groups in total. The number of hydrogen-bond acceptors (Lipinski definition) is 4. The summed E-state index contributed by atoms with van der Waals surface area (Å²) < 4.78 is 16.1. The van der Waals surface area contributed by atoms with E-state index < -0.39 is 0 Å². The van der Waals surface area contributed by atoms with E-state index in [9.17, 15) is 4.79 Å². The molecule has 4 nitrogen and oxygen atoms in total. The first-order valence-corrected chi connectivity index (χ1v) is 7.85. The zero-order valence-corrected chi connectivity index (χ0v) is 14.2. The van der Waals surface area contributed by atoms with E-state index in [2.05, 4.69) is 0 Å². The molecule has 0 bridgehead atoms. The molecule has 0 aliphatic rings. The molecule has 0 amide bonds. The van der Waals surface area contributed by atoms with Crippen LogP contribution in [0, 0.1) is 0 Å². The van der Waals surface area contributed by atoms with Crippen LogP contribution in [0.3, 0.4) is 0 Å². The smallest absolute Gasteiger partial charge is 0.185 e. The molecule has 2 aromatic carbocycles. The minimum absolute atomic E-state index is 0.0667. The van der Waals surface area contributed by atoms with Crippen LogP contribution < -0.4 is 14.2 Å². The zero-order valence-electron chi connectivity index (χ0n) is 14.2. The molecule has 0 spiro atoms. The molecule has 0 fully saturated rings. The van der Waals surface area contributed by atoms with Crippen LogP contribution in [-0.2, 0) is 0 Å². The first-order valence-electron chi connectivity index (χ1n) is 7.85. The van der Waals surface area contributed by atoms with Gasteiger partial charge in [0.15, 0.2) is 17.3 Å². The van der Waals surface area contributed by atoms with Gasteiger partial charge in [-0.25, -0.2) is 0 Å². The molecular weight excluding hydrogens is 304 g/mol. The lowest BCUT2D eigenvalue weighted by atomic mass is 10.1. The highest BCUT2D eigenvalue weighted by atomic mass is 16.5. The fraction of sp³-hybridized carbons (Fsp3) is 0.250. The fourth-order valence-corrected chi connectivity index (χ4v) is 2.14. The Labute approximate surface area is 142 Å². The van der Waals surface area contributed by atoms with Crippen molar-refractivity contribution in [2.45, 2.75) is 13.3 Å². The van der Waals surface area contributed by atoms with E-state index >= 15 is 0 Å². The second kappa shape index (κ2) is 8.77. The highest BCUT2D eigenvalue weighted by Gasteiger charge is 2.05. The number of carbonyl (C=O) groups excluding carboxylic acids is 1. The number of ether oxygens (including phenoxy) is 3. The molecule has 4 heteroatoms. The first-order chi connectivity index (χ1) is 11.7. The summed E-state index contributed by atoms with van der Waals surface area (Å²) in [5, 5.41) is 0. The molecule has 126 valence electrons. The molecule has 0 unspecified atom stereocenters. The van der Waals surface area contributed by atoms with Crippen LogP contribution >= 0.6 is 0 Å². The number of carbonyl (C=O) groups is 1. The van der Waals surface area contributed by atoms with E-state index in [1.165, 1.54) is 0 Å². The van der Waals surface area contributed by atoms with Crippen molar-refractivity contribution in [1.29, 1.82) is 0 Å². The van der Waals surface area contributed by atoms with E-state index in [0.29, 0.717) is 23.7 Å². The Kier molecular flexibility index (Phi) is 6.43. The van der Waals surface area contributed by atoms with Gasteiger partial charge in [-0.2, -0.15) is 0 Å². The van der Waals surface area contributed by atoms with Gasteiger partial charge in [-0.05, 0) is 54.5 Å². The van der Waals surface area contributed by atoms with Gasteiger partial charge in [-0.15, -0.1) is 0 Å². The minimum atomic E-state index is -0.0667. The number of benzene rings is 2. The molecule has 0 saturated carbocycles. The van der Waals surface area contributed by atoms with Crippen molar-refractivity contribution < 1.29 is 19.0 Å². The molecule has 0 aromatic heterocycles. The highest BCUT2D eigenvalue weighted by Crippen LogP contribution is 2.28. The topological polar surface area (TPSA) is 44.8 Å². The Morgan fingerprint density at radius 1 is 1.00 bits per heavy atom. The maximum absolute atomic E-state index is 12.2. The third-order valence-corrected chi connectivity index (χ3v) is 3.45. The minimum Gasteiger partial charge on any atom is -0.497 e. The van der Waals surface area contributed by atoms with Crippen LogP contribution in [0.1, 0.15) is 29.3 Å². The van der Waals surface area contributed by atoms with Crippen molar-refractivity contribution in [3.8, 4) is 17.2 Å². The summed E-state index contributed by atoms with van der Waals surface area (Å²) in [6, 6.07) is 12.6. The Morgan fingerprint density at radius 3 is 2.38 bits per heavy atom. The molecule has 0 atom stereocenters. The van der Waals surface area contributed by atoms with E-state index in [-0.39, 0.29) is 5.78 Å². The maximum Gasteiger partial charge on any atom is 0.185 e. The molecule has 0 aliphatic heterocycles. The van der Waals surface area contributed by atoms with Gasteiger partial charge in [-0.3, -0.25) is 4.79 Å². The molecule has 2 rings (SSSR count). The number of allylic oxidation sites excluding steroid dienone is 1. The Balaban J connectivity index is 2.11. The summed E-state index contributed by atoms with van der Waals surface area (Å²) in [4.78, 5) is 12.2. The van der Waals surface area contributed by atoms with Crippen molar-refractivity contribution in [3.05, 3.63) is 59.7 Å².